The minimum Gasteiger partial charge on any atom is -0.508 e. The standard InChI is InChI=1S/C19H14N4OS2/c24-16-7-4-11(5-8-16)12-1-2-14-10-15(6-3-13(14)9-12)20-17-21-18(25)23-19(26)22-17/h1-10,24H,(H3,20,21,22,23,25,26). The minimum absolute atomic E-state index is 0.261. The maximum Gasteiger partial charge on any atom is 0.232 e. The van der Waals surface area contributed by atoms with Crippen molar-refractivity contribution >= 4 is 47.7 Å². The van der Waals surface area contributed by atoms with Crippen LogP contribution in [0.4, 0.5) is 11.6 Å². The van der Waals surface area contributed by atoms with Crippen molar-refractivity contribution in [3.05, 3.63) is 60.7 Å². The second-order valence-corrected chi connectivity index (χ2v) is 6.51. The Labute approximate surface area is 161 Å². The van der Waals surface area contributed by atoms with E-state index in [0.29, 0.717) is 16.3 Å². The number of phenolic OH excluding ortho intramolecular Hbond substituents is 1. The van der Waals surface area contributed by atoms with E-state index in [1.165, 1.54) is 0 Å². The van der Waals surface area contributed by atoms with E-state index >= 15 is 0 Å². The van der Waals surface area contributed by atoms with Crippen LogP contribution in [0.1, 0.15) is 0 Å². The largest absolute Gasteiger partial charge is 0.508 e. The third kappa shape index (κ3) is 3.58. The monoisotopic (exact) mass is 378 g/mol. The van der Waals surface area contributed by atoms with Gasteiger partial charge in [-0.05, 0) is 52.2 Å². The Morgan fingerprint density at radius 1 is 0.692 bits per heavy atom. The van der Waals surface area contributed by atoms with Crippen LogP contribution in [-0.2, 0) is 0 Å². The topological polar surface area (TPSA) is 70.9 Å². The molecule has 1 aromatic heterocycles. The molecule has 0 aliphatic heterocycles. The molecule has 2 N–H and O–H groups in total. The summed E-state index contributed by atoms with van der Waals surface area (Å²) in [5.74, 6) is 0.660. The van der Waals surface area contributed by atoms with Crippen LogP contribution in [0.15, 0.2) is 71.0 Å². The zero-order valence-electron chi connectivity index (χ0n) is 13.5. The molecule has 0 radical (unpaired) electrons. The fourth-order valence-corrected chi connectivity index (χ4v) is 3.15. The van der Waals surface area contributed by atoms with Crippen molar-refractivity contribution in [1.82, 2.24) is 15.0 Å². The van der Waals surface area contributed by atoms with Crippen LogP contribution in [0.5, 0.6) is 5.75 Å². The second-order valence-electron chi connectivity index (χ2n) is 5.71. The molecule has 0 unspecified atom stereocenters. The van der Waals surface area contributed by atoms with Gasteiger partial charge in [-0.1, -0.05) is 30.3 Å². The quantitative estimate of drug-likeness (QED) is 0.388. The molecule has 7 heteroatoms. The summed E-state index contributed by atoms with van der Waals surface area (Å²) in [5, 5.41) is 15.4. The Hall–Kier alpha value is -2.77. The molecule has 4 rings (SSSR count). The van der Waals surface area contributed by atoms with Crippen LogP contribution in [0.2, 0.25) is 0 Å². The summed E-state index contributed by atoms with van der Waals surface area (Å²) in [6.45, 7) is 0. The highest BCUT2D eigenvalue weighted by molar-refractivity contribution is 7.80. The lowest BCUT2D eigenvalue weighted by Crippen LogP contribution is -2.00. The first-order chi connectivity index (χ1) is 12.6. The molecule has 0 fully saturated rings. The number of phenols is 1. The van der Waals surface area contributed by atoms with Crippen molar-refractivity contribution in [2.75, 3.05) is 5.32 Å². The first kappa shape index (κ1) is 16.7. The Morgan fingerprint density at radius 2 is 1.31 bits per heavy atom. The van der Waals surface area contributed by atoms with Gasteiger partial charge in [0.1, 0.15) is 5.75 Å². The van der Waals surface area contributed by atoms with E-state index in [9.17, 15) is 5.11 Å². The Balaban J connectivity index is 1.65. The maximum atomic E-state index is 9.43. The molecule has 0 atom stereocenters. The SMILES string of the molecule is Oc1ccc(-c2ccc3cc(Nc4nc(S)nc(S)n4)ccc3c2)cc1. The highest BCUT2D eigenvalue weighted by Crippen LogP contribution is 2.28. The van der Waals surface area contributed by atoms with E-state index in [4.69, 9.17) is 0 Å². The first-order valence-corrected chi connectivity index (χ1v) is 8.70. The number of benzene rings is 3. The van der Waals surface area contributed by atoms with Crippen molar-refractivity contribution in [3.8, 4) is 16.9 Å². The molecular weight excluding hydrogens is 364 g/mol. The molecule has 0 spiro atoms. The number of fused-ring (bicyclic) bond motifs is 1. The van der Waals surface area contributed by atoms with Gasteiger partial charge in [-0.15, -0.1) is 25.3 Å². The lowest BCUT2D eigenvalue weighted by atomic mass is 10.0. The van der Waals surface area contributed by atoms with Crippen molar-refractivity contribution in [3.63, 3.8) is 0 Å². The summed E-state index contributed by atoms with van der Waals surface area (Å²) in [6, 6.07) is 19.4. The van der Waals surface area contributed by atoms with Crippen LogP contribution in [-0.4, -0.2) is 20.1 Å². The highest BCUT2D eigenvalue weighted by atomic mass is 32.1. The molecule has 0 saturated heterocycles. The summed E-state index contributed by atoms with van der Waals surface area (Å²) in [6.07, 6.45) is 0. The number of aromatic hydroxyl groups is 1. The van der Waals surface area contributed by atoms with Crippen LogP contribution in [0, 0.1) is 0 Å². The summed E-state index contributed by atoms with van der Waals surface area (Å²) in [4.78, 5) is 12.2. The molecule has 128 valence electrons. The average molecular weight is 378 g/mol. The van der Waals surface area contributed by atoms with E-state index < -0.39 is 0 Å². The molecule has 26 heavy (non-hydrogen) atoms. The van der Waals surface area contributed by atoms with Crippen LogP contribution >= 0.6 is 25.3 Å². The van der Waals surface area contributed by atoms with E-state index in [1.807, 2.05) is 30.3 Å². The maximum absolute atomic E-state index is 9.43. The summed E-state index contributed by atoms with van der Waals surface area (Å²) >= 11 is 8.27. The number of nitrogens with one attached hydrogen (secondary N) is 1. The van der Waals surface area contributed by atoms with E-state index in [-0.39, 0.29) is 5.75 Å². The van der Waals surface area contributed by atoms with Crippen molar-refractivity contribution in [2.45, 2.75) is 10.3 Å². The number of thiol groups is 2. The number of aromatic nitrogens is 3. The van der Waals surface area contributed by atoms with Gasteiger partial charge in [0.2, 0.25) is 5.95 Å². The number of hydrogen-bond donors (Lipinski definition) is 4. The molecule has 0 saturated carbocycles. The smallest absolute Gasteiger partial charge is 0.232 e. The predicted octanol–water partition coefficient (Wildman–Crippen LogP) is 4.72. The van der Waals surface area contributed by atoms with Gasteiger partial charge in [-0.3, -0.25) is 0 Å². The fraction of sp³-hybridized carbons (Fsp3) is 0. The van der Waals surface area contributed by atoms with Gasteiger partial charge in [-0.25, -0.2) is 0 Å². The lowest BCUT2D eigenvalue weighted by molar-refractivity contribution is 0.475. The number of hydrogen-bond acceptors (Lipinski definition) is 7. The predicted molar refractivity (Wildman–Crippen MR) is 109 cm³/mol. The normalized spacial score (nSPS) is 10.8. The zero-order valence-corrected chi connectivity index (χ0v) is 15.2. The molecule has 0 bridgehead atoms. The summed E-state index contributed by atoms with van der Waals surface area (Å²) in [5.41, 5.74) is 3.01. The van der Waals surface area contributed by atoms with Crippen LogP contribution in [0.3, 0.4) is 0 Å². The second kappa shape index (κ2) is 6.86. The average Bonchev–Trinajstić information content (AvgIpc) is 2.61. The molecule has 3 aromatic carbocycles. The summed E-state index contributed by atoms with van der Waals surface area (Å²) in [7, 11) is 0. The first-order valence-electron chi connectivity index (χ1n) is 7.81. The van der Waals surface area contributed by atoms with E-state index in [2.05, 4.69) is 63.7 Å². The van der Waals surface area contributed by atoms with E-state index in [0.717, 1.165) is 27.6 Å². The molecular formula is C19H14N4OS2. The minimum atomic E-state index is 0.261. The highest BCUT2D eigenvalue weighted by Gasteiger charge is 2.05. The molecule has 4 aromatic rings. The van der Waals surface area contributed by atoms with Crippen molar-refractivity contribution in [1.29, 1.82) is 0 Å². The van der Waals surface area contributed by atoms with Crippen molar-refractivity contribution < 1.29 is 5.11 Å². The van der Waals surface area contributed by atoms with Crippen LogP contribution < -0.4 is 5.32 Å². The van der Waals surface area contributed by atoms with Gasteiger partial charge in [0.15, 0.2) is 10.3 Å². The van der Waals surface area contributed by atoms with Gasteiger partial charge in [0.25, 0.3) is 0 Å². The Morgan fingerprint density at radius 3 is 2.04 bits per heavy atom. The molecule has 1 heterocycles. The summed E-state index contributed by atoms with van der Waals surface area (Å²) < 4.78 is 0. The zero-order chi connectivity index (χ0) is 18.1. The van der Waals surface area contributed by atoms with Crippen LogP contribution in [0.25, 0.3) is 21.9 Å². The molecule has 0 aliphatic carbocycles. The fourth-order valence-electron chi connectivity index (χ4n) is 2.70. The molecule has 0 aliphatic rings. The number of nitrogens with zero attached hydrogens (tertiary/aromatic N) is 3. The Bertz CT molecular complexity index is 1080. The lowest BCUT2D eigenvalue weighted by Gasteiger charge is -2.08. The third-order valence-electron chi connectivity index (χ3n) is 3.91. The van der Waals surface area contributed by atoms with Gasteiger partial charge in [0.05, 0.1) is 0 Å². The van der Waals surface area contributed by atoms with Gasteiger partial charge in [-0.2, -0.15) is 15.0 Å². The number of anilines is 2. The third-order valence-corrected chi connectivity index (χ3v) is 4.31. The Kier molecular flexibility index (Phi) is 4.40. The van der Waals surface area contributed by atoms with Crippen molar-refractivity contribution in [2.24, 2.45) is 0 Å². The van der Waals surface area contributed by atoms with E-state index in [1.54, 1.807) is 12.1 Å². The number of rotatable bonds is 3. The van der Waals surface area contributed by atoms with Gasteiger partial charge >= 0.3 is 0 Å². The van der Waals surface area contributed by atoms with Gasteiger partial charge < -0.3 is 10.4 Å². The van der Waals surface area contributed by atoms with Gasteiger partial charge in [0, 0.05) is 5.69 Å². The molecule has 5 nitrogen and oxygen atoms in total. The molecule has 0 amide bonds.